The second kappa shape index (κ2) is 5.72. The van der Waals surface area contributed by atoms with Crippen molar-refractivity contribution in [1.29, 1.82) is 0 Å². The molecule has 0 aliphatic carbocycles. The molecule has 2 aromatic rings. The van der Waals surface area contributed by atoms with Crippen LogP contribution in [0.5, 0.6) is 5.75 Å². The lowest BCUT2D eigenvalue weighted by atomic mass is 9.98. The smallest absolute Gasteiger partial charge is 0.119 e. The van der Waals surface area contributed by atoms with Gasteiger partial charge in [-0.05, 0) is 36.1 Å². The van der Waals surface area contributed by atoms with Gasteiger partial charge in [0.25, 0.3) is 0 Å². The van der Waals surface area contributed by atoms with Gasteiger partial charge in [0.1, 0.15) is 12.4 Å². The van der Waals surface area contributed by atoms with Crippen molar-refractivity contribution in [3.63, 3.8) is 0 Å². The third kappa shape index (κ3) is 3.13. The Morgan fingerprint density at radius 1 is 0.944 bits per heavy atom. The summed E-state index contributed by atoms with van der Waals surface area (Å²) < 4.78 is 5.84. The van der Waals surface area contributed by atoms with Crippen LogP contribution >= 0.6 is 0 Å². The highest BCUT2D eigenvalue weighted by Gasteiger charge is 2.06. The standard InChI is InChI=1S/C17H20O/c1-13(2)17-7-5-4-6-15(17)12-18-16-10-8-14(3)9-11-16/h4-11,13H,12H2,1-3H3. The normalized spacial score (nSPS) is 10.7. The van der Waals surface area contributed by atoms with Crippen LogP contribution in [0.2, 0.25) is 0 Å². The first kappa shape index (κ1) is 12.7. The Bertz CT molecular complexity index is 497. The molecule has 0 saturated heterocycles. The van der Waals surface area contributed by atoms with E-state index in [1.807, 2.05) is 12.1 Å². The zero-order valence-corrected chi connectivity index (χ0v) is 11.3. The minimum atomic E-state index is 0.530. The largest absolute Gasteiger partial charge is 0.489 e. The van der Waals surface area contributed by atoms with E-state index < -0.39 is 0 Å². The van der Waals surface area contributed by atoms with Crippen molar-refractivity contribution in [1.82, 2.24) is 0 Å². The van der Waals surface area contributed by atoms with E-state index >= 15 is 0 Å². The summed E-state index contributed by atoms with van der Waals surface area (Å²) in [6.45, 7) is 7.14. The molecule has 0 aliphatic heterocycles. The summed E-state index contributed by atoms with van der Waals surface area (Å²) in [5.74, 6) is 1.46. The zero-order chi connectivity index (χ0) is 13.0. The fourth-order valence-electron chi connectivity index (χ4n) is 2.02. The van der Waals surface area contributed by atoms with Gasteiger partial charge in [-0.25, -0.2) is 0 Å². The van der Waals surface area contributed by atoms with E-state index in [0.717, 1.165) is 5.75 Å². The predicted molar refractivity (Wildman–Crippen MR) is 76.0 cm³/mol. The molecule has 1 nitrogen and oxygen atoms in total. The molecule has 0 heterocycles. The maximum Gasteiger partial charge on any atom is 0.119 e. The first-order chi connectivity index (χ1) is 8.66. The second-order valence-corrected chi connectivity index (χ2v) is 4.96. The van der Waals surface area contributed by atoms with E-state index in [9.17, 15) is 0 Å². The van der Waals surface area contributed by atoms with Crippen molar-refractivity contribution in [3.05, 3.63) is 65.2 Å². The number of benzene rings is 2. The van der Waals surface area contributed by atoms with E-state index in [1.165, 1.54) is 16.7 Å². The summed E-state index contributed by atoms with van der Waals surface area (Å²) in [5, 5.41) is 0. The van der Waals surface area contributed by atoms with Gasteiger partial charge in [-0.3, -0.25) is 0 Å². The monoisotopic (exact) mass is 240 g/mol. The van der Waals surface area contributed by atoms with Crippen LogP contribution < -0.4 is 4.74 Å². The second-order valence-electron chi connectivity index (χ2n) is 4.96. The van der Waals surface area contributed by atoms with Crippen molar-refractivity contribution in [3.8, 4) is 5.75 Å². The van der Waals surface area contributed by atoms with Gasteiger partial charge in [0.05, 0.1) is 0 Å². The predicted octanol–water partition coefficient (Wildman–Crippen LogP) is 4.70. The fourth-order valence-corrected chi connectivity index (χ4v) is 2.02. The van der Waals surface area contributed by atoms with Gasteiger partial charge in [-0.2, -0.15) is 0 Å². The highest BCUT2D eigenvalue weighted by Crippen LogP contribution is 2.21. The average Bonchev–Trinajstić information content (AvgIpc) is 2.38. The molecule has 18 heavy (non-hydrogen) atoms. The highest BCUT2D eigenvalue weighted by atomic mass is 16.5. The van der Waals surface area contributed by atoms with Gasteiger partial charge < -0.3 is 4.74 Å². The third-order valence-corrected chi connectivity index (χ3v) is 3.09. The molecule has 2 rings (SSSR count). The van der Waals surface area contributed by atoms with E-state index in [0.29, 0.717) is 12.5 Å². The molecule has 0 aliphatic rings. The molecule has 94 valence electrons. The van der Waals surface area contributed by atoms with E-state index in [2.05, 4.69) is 57.2 Å². The number of ether oxygens (including phenoxy) is 1. The van der Waals surface area contributed by atoms with Crippen LogP contribution in [0.25, 0.3) is 0 Å². The molecule has 2 aromatic carbocycles. The minimum Gasteiger partial charge on any atom is -0.489 e. The zero-order valence-electron chi connectivity index (χ0n) is 11.3. The molecular weight excluding hydrogens is 220 g/mol. The lowest BCUT2D eigenvalue weighted by Gasteiger charge is -2.13. The molecule has 0 amide bonds. The Balaban J connectivity index is 2.08. The summed E-state index contributed by atoms with van der Waals surface area (Å²) in [6, 6.07) is 16.7. The molecular formula is C17H20O. The maximum absolute atomic E-state index is 5.84. The van der Waals surface area contributed by atoms with Crippen LogP contribution in [0.1, 0.15) is 36.5 Å². The molecule has 0 fully saturated rings. The van der Waals surface area contributed by atoms with Crippen molar-refractivity contribution in [2.45, 2.75) is 33.3 Å². The van der Waals surface area contributed by atoms with E-state index in [-0.39, 0.29) is 0 Å². The van der Waals surface area contributed by atoms with Gasteiger partial charge in [0.15, 0.2) is 0 Å². The molecule has 0 spiro atoms. The molecule has 0 aromatic heterocycles. The van der Waals surface area contributed by atoms with Crippen LogP contribution in [-0.2, 0) is 6.61 Å². The number of hydrogen-bond donors (Lipinski definition) is 0. The Kier molecular flexibility index (Phi) is 4.03. The number of rotatable bonds is 4. The number of hydrogen-bond acceptors (Lipinski definition) is 1. The van der Waals surface area contributed by atoms with E-state index in [1.54, 1.807) is 0 Å². The summed E-state index contributed by atoms with van der Waals surface area (Å²) in [4.78, 5) is 0. The summed E-state index contributed by atoms with van der Waals surface area (Å²) in [6.07, 6.45) is 0. The average molecular weight is 240 g/mol. The third-order valence-electron chi connectivity index (χ3n) is 3.09. The fraction of sp³-hybridized carbons (Fsp3) is 0.294. The Morgan fingerprint density at radius 3 is 2.28 bits per heavy atom. The maximum atomic E-state index is 5.84. The minimum absolute atomic E-state index is 0.530. The van der Waals surface area contributed by atoms with Crippen LogP contribution in [0.3, 0.4) is 0 Å². The van der Waals surface area contributed by atoms with Crippen molar-refractivity contribution < 1.29 is 4.74 Å². The van der Waals surface area contributed by atoms with E-state index in [4.69, 9.17) is 4.74 Å². The SMILES string of the molecule is Cc1ccc(OCc2ccccc2C(C)C)cc1. The molecule has 0 bridgehead atoms. The number of aryl methyl sites for hydroxylation is 1. The van der Waals surface area contributed by atoms with Crippen molar-refractivity contribution >= 4 is 0 Å². The summed E-state index contributed by atoms with van der Waals surface area (Å²) >= 11 is 0. The summed E-state index contributed by atoms with van der Waals surface area (Å²) in [5.41, 5.74) is 3.89. The first-order valence-corrected chi connectivity index (χ1v) is 6.44. The quantitative estimate of drug-likeness (QED) is 0.752. The lowest BCUT2D eigenvalue weighted by Crippen LogP contribution is -2.01. The Morgan fingerprint density at radius 2 is 1.61 bits per heavy atom. The van der Waals surface area contributed by atoms with Crippen LogP contribution in [0, 0.1) is 6.92 Å². The lowest BCUT2D eigenvalue weighted by molar-refractivity contribution is 0.304. The van der Waals surface area contributed by atoms with Gasteiger partial charge >= 0.3 is 0 Å². The van der Waals surface area contributed by atoms with Gasteiger partial charge in [0, 0.05) is 0 Å². The van der Waals surface area contributed by atoms with Crippen LogP contribution in [-0.4, -0.2) is 0 Å². The Hall–Kier alpha value is -1.76. The van der Waals surface area contributed by atoms with Gasteiger partial charge in [0.2, 0.25) is 0 Å². The van der Waals surface area contributed by atoms with Gasteiger partial charge in [-0.15, -0.1) is 0 Å². The summed E-state index contributed by atoms with van der Waals surface area (Å²) in [7, 11) is 0. The molecule has 1 heteroatoms. The van der Waals surface area contributed by atoms with Crippen LogP contribution in [0.4, 0.5) is 0 Å². The molecule has 0 saturated carbocycles. The van der Waals surface area contributed by atoms with Crippen molar-refractivity contribution in [2.24, 2.45) is 0 Å². The Labute approximate surface area is 109 Å². The molecule has 0 radical (unpaired) electrons. The highest BCUT2D eigenvalue weighted by molar-refractivity contribution is 5.31. The molecule has 0 atom stereocenters. The van der Waals surface area contributed by atoms with Gasteiger partial charge in [-0.1, -0.05) is 55.8 Å². The van der Waals surface area contributed by atoms with Crippen LogP contribution in [0.15, 0.2) is 48.5 Å². The van der Waals surface area contributed by atoms with Crippen molar-refractivity contribution in [2.75, 3.05) is 0 Å². The topological polar surface area (TPSA) is 9.23 Å². The molecule has 0 N–H and O–H groups in total. The molecule has 0 unspecified atom stereocenters. The first-order valence-electron chi connectivity index (χ1n) is 6.44.